The van der Waals surface area contributed by atoms with Crippen molar-refractivity contribution in [3.05, 3.63) is 5.28 Å². The molecule has 0 bridgehead atoms. The van der Waals surface area contributed by atoms with Crippen LogP contribution in [-0.2, 0) is 0 Å². The quantitative estimate of drug-likeness (QED) is 0.755. The molecule has 0 amide bonds. The highest BCUT2D eigenvalue weighted by Crippen LogP contribution is 2.37. The number of halogens is 1. The van der Waals surface area contributed by atoms with Crippen LogP contribution in [-0.4, -0.2) is 37.1 Å². The third kappa shape index (κ3) is 5.41. The topological polar surface area (TPSA) is 98.5 Å². The zero-order valence-corrected chi connectivity index (χ0v) is 16.8. The van der Waals surface area contributed by atoms with E-state index < -0.39 is 5.54 Å². The second kappa shape index (κ2) is 6.26. The van der Waals surface area contributed by atoms with E-state index in [2.05, 4.69) is 64.7 Å². The van der Waals surface area contributed by atoms with E-state index in [4.69, 9.17) is 11.6 Å². The lowest BCUT2D eigenvalue weighted by atomic mass is 9.71. The van der Waals surface area contributed by atoms with Gasteiger partial charge < -0.3 is 16.0 Å². The maximum atomic E-state index is 9.93. The van der Waals surface area contributed by atoms with Gasteiger partial charge in [0.15, 0.2) is 0 Å². The van der Waals surface area contributed by atoms with Gasteiger partial charge in [-0.2, -0.15) is 20.2 Å². The third-order valence-corrected chi connectivity index (χ3v) is 3.99. The molecule has 0 atom stereocenters. The molecule has 7 nitrogen and oxygen atoms in total. The van der Waals surface area contributed by atoms with Crippen LogP contribution in [0, 0.1) is 11.3 Å². The van der Waals surface area contributed by atoms with Crippen LogP contribution in [0.5, 0.6) is 0 Å². The number of hydrogen-bond acceptors (Lipinski definition) is 7. The van der Waals surface area contributed by atoms with Crippen LogP contribution in [0.25, 0.3) is 0 Å². The maximum Gasteiger partial charge on any atom is 0.230 e. The van der Waals surface area contributed by atoms with Gasteiger partial charge in [0, 0.05) is 29.5 Å². The summed E-state index contributed by atoms with van der Waals surface area (Å²) in [5.41, 5.74) is -1.41. The Morgan fingerprint density at radius 3 is 2.04 bits per heavy atom. The highest BCUT2D eigenvalue weighted by molar-refractivity contribution is 6.28. The minimum atomic E-state index is -0.790. The Kier molecular flexibility index (Phi) is 4.92. The maximum absolute atomic E-state index is 9.93. The predicted octanol–water partition coefficient (Wildman–Crippen LogP) is 3.35. The van der Waals surface area contributed by atoms with E-state index in [0.717, 1.165) is 0 Å². The van der Waals surface area contributed by atoms with Crippen molar-refractivity contribution in [3.63, 3.8) is 0 Å². The molecular weight excluding hydrogens is 338 g/mol. The van der Waals surface area contributed by atoms with Crippen molar-refractivity contribution in [1.29, 1.82) is 5.26 Å². The largest absolute Gasteiger partial charge is 0.349 e. The molecule has 25 heavy (non-hydrogen) atoms. The molecule has 1 aliphatic rings. The first kappa shape index (κ1) is 19.7. The van der Waals surface area contributed by atoms with E-state index in [1.54, 1.807) is 0 Å². The molecule has 3 N–H and O–H groups in total. The fourth-order valence-electron chi connectivity index (χ4n) is 3.78. The Morgan fingerprint density at radius 2 is 1.56 bits per heavy atom. The van der Waals surface area contributed by atoms with Crippen molar-refractivity contribution in [3.8, 4) is 6.07 Å². The number of nitrogens with zero attached hydrogens (tertiary/aromatic N) is 4. The van der Waals surface area contributed by atoms with Gasteiger partial charge in [0.1, 0.15) is 5.54 Å². The number of aromatic nitrogens is 3. The fourth-order valence-corrected chi connectivity index (χ4v) is 3.94. The van der Waals surface area contributed by atoms with Gasteiger partial charge in [0.05, 0.1) is 6.07 Å². The van der Waals surface area contributed by atoms with E-state index in [-0.39, 0.29) is 21.9 Å². The number of rotatable bonds is 3. The minimum Gasteiger partial charge on any atom is -0.349 e. The summed E-state index contributed by atoms with van der Waals surface area (Å²) >= 11 is 6.06. The molecular formula is C17H28ClN7. The van der Waals surface area contributed by atoms with Gasteiger partial charge in [0.2, 0.25) is 17.2 Å². The second-order valence-electron chi connectivity index (χ2n) is 9.19. The molecule has 0 radical (unpaired) electrons. The summed E-state index contributed by atoms with van der Waals surface area (Å²) in [5.74, 6) is 0.692. The van der Waals surface area contributed by atoms with E-state index >= 15 is 0 Å². The second-order valence-corrected chi connectivity index (χ2v) is 9.53. The van der Waals surface area contributed by atoms with Crippen molar-refractivity contribution in [1.82, 2.24) is 20.3 Å². The first-order valence-corrected chi connectivity index (χ1v) is 8.80. The predicted molar refractivity (Wildman–Crippen MR) is 101 cm³/mol. The van der Waals surface area contributed by atoms with Gasteiger partial charge in [-0.25, -0.2) is 0 Å². The van der Waals surface area contributed by atoms with E-state index in [0.29, 0.717) is 24.7 Å². The van der Waals surface area contributed by atoms with E-state index in [9.17, 15) is 5.26 Å². The molecule has 0 unspecified atom stereocenters. The zero-order chi connectivity index (χ0) is 19.1. The third-order valence-electron chi connectivity index (χ3n) is 3.82. The molecule has 138 valence electrons. The number of nitrogens with one attached hydrogen (secondary N) is 3. The van der Waals surface area contributed by atoms with Crippen LogP contribution in [0.1, 0.15) is 61.3 Å². The summed E-state index contributed by atoms with van der Waals surface area (Å²) in [6, 6.07) is 2.45. The highest BCUT2D eigenvalue weighted by Gasteiger charge is 2.48. The Hall–Kier alpha value is -1.65. The van der Waals surface area contributed by atoms with Gasteiger partial charge in [-0.05, 0) is 60.1 Å². The van der Waals surface area contributed by atoms with Crippen molar-refractivity contribution in [2.24, 2.45) is 0 Å². The average molecular weight is 366 g/mol. The van der Waals surface area contributed by atoms with Gasteiger partial charge in [-0.15, -0.1) is 0 Å². The summed E-state index contributed by atoms with van der Waals surface area (Å²) in [5, 5.41) is 20.0. The van der Waals surface area contributed by atoms with Crippen molar-refractivity contribution in [2.45, 2.75) is 83.5 Å². The first-order valence-electron chi connectivity index (χ1n) is 8.42. The number of nitriles is 1. The van der Waals surface area contributed by atoms with Gasteiger partial charge in [-0.3, -0.25) is 0 Å². The Balaban J connectivity index is 2.34. The van der Waals surface area contributed by atoms with Crippen LogP contribution in [0.15, 0.2) is 0 Å². The molecule has 1 aliphatic heterocycles. The summed E-state index contributed by atoms with van der Waals surface area (Å²) in [7, 11) is 0. The zero-order valence-electron chi connectivity index (χ0n) is 16.1. The molecule has 2 heterocycles. The number of piperidine rings is 1. The normalized spacial score (nSPS) is 21.2. The molecule has 0 saturated carbocycles. The SMILES string of the molecule is CC(C)(C)Nc1nc(Cl)nc(NC2(C#N)CC(C)(C)NC(C)(C)C2)n1. The monoisotopic (exact) mass is 365 g/mol. The van der Waals surface area contributed by atoms with Crippen molar-refractivity contribution >= 4 is 23.5 Å². The van der Waals surface area contributed by atoms with Gasteiger partial charge in [0.25, 0.3) is 0 Å². The molecule has 1 saturated heterocycles. The minimum absolute atomic E-state index is 0.0878. The van der Waals surface area contributed by atoms with Crippen LogP contribution < -0.4 is 16.0 Å². The molecule has 2 rings (SSSR count). The lowest BCUT2D eigenvalue weighted by molar-refractivity contribution is 0.143. The Labute approximate surface area is 155 Å². The lowest BCUT2D eigenvalue weighted by Gasteiger charge is -2.50. The molecule has 0 aromatic carbocycles. The van der Waals surface area contributed by atoms with Crippen molar-refractivity contribution in [2.75, 3.05) is 10.6 Å². The molecule has 1 fully saturated rings. The molecule has 1 aromatic rings. The van der Waals surface area contributed by atoms with Crippen LogP contribution in [0.2, 0.25) is 5.28 Å². The van der Waals surface area contributed by atoms with Gasteiger partial charge in [-0.1, -0.05) is 0 Å². The summed E-state index contributed by atoms with van der Waals surface area (Å²) < 4.78 is 0. The molecule has 0 aliphatic carbocycles. The van der Waals surface area contributed by atoms with E-state index in [1.807, 2.05) is 20.8 Å². The van der Waals surface area contributed by atoms with E-state index in [1.165, 1.54) is 0 Å². The summed E-state index contributed by atoms with van der Waals surface area (Å²) in [6.07, 6.45) is 1.23. The number of anilines is 2. The lowest BCUT2D eigenvalue weighted by Crippen LogP contribution is -2.65. The van der Waals surface area contributed by atoms with Crippen LogP contribution in [0.3, 0.4) is 0 Å². The first-order chi connectivity index (χ1) is 11.2. The summed E-state index contributed by atoms with van der Waals surface area (Å²) in [6.45, 7) is 14.4. The Morgan fingerprint density at radius 1 is 1.04 bits per heavy atom. The van der Waals surface area contributed by atoms with Gasteiger partial charge >= 0.3 is 0 Å². The fraction of sp³-hybridized carbons (Fsp3) is 0.765. The number of hydrogen-bond donors (Lipinski definition) is 3. The average Bonchev–Trinajstić information content (AvgIpc) is 2.31. The smallest absolute Gasteiger partial charge is 0.230 e. The van der Waals surface area contributed by atoms with Crippen LogP contribution in [0.4, 0.5) is 11.9 Å². The highest BCUT2D eigenvalue weighted by atomic mass is 35.5. The summed E-state index contributed by atoms with van der Waals surface area (Å²) in [4.78, 5) is 12.7. The Bertz CT molecular complexity index is 669. The molecule has 8 heteroatoms. The standard InChI is InChI=1S/C17H28ClN7/c1-14(2,3)23-12-20-11(18)21-13(22-12)24-17(10-19)8-15(4,5)25-16(6,7)9-17/h25H,8-9H2,1-7H3,(H2,20,21,22,23,24). The van der Waals surface area contributed by atoms with Crippen molar-refractivity contribution < 1.29 is 0 Å². The van der Waals surface area contributed by atoms with Crippen LogP contribution >= 0.6 is 11.6 Å². The molecule has 1 aromatic heterocycles. The molecule has 0 spiro atoms.